The van der Waals surface area contributed by atoms with Crippen LogP contribution in [0.5, 0.6) is 0 Å². The third kappa shape index (κ3) is 5.17. The number of rotatable bonds is 8. The second-order valence-corrected chi connectivity index (χ2v) is 11.1. The zero-order chi connectivity index (χ0) is 26.8. The molecule has 0 radical (unpaired) electrons. The van der Waals surface area contributed by atoms with Crippen LogP contribution in [-0.4, -0.2) is 36.6 Å². The number of allylic oxidation sites excluding steroid dienone is 3. The number of hydrogen-bond acceptors (Lipinski definition) is 7. The van der Waals surface area contributed by atoms with Crippen molar-refractivity contribution in [3.8, 4) is 0 Å². The van der Waals surface area contributed by atoms with Crippen molar-refractivity contribution in [2.75, 3.05) is 0 Å². The summed E-state index contributed by atoms with van der Waals surface area (Å²) in [4.78, 5) is 36.9. The average Bonchev–Trinajstić information content (AvgIpc) is 3.10. The van der Waals surface area contributed by atoms with Crippen molar-refractivity contribution in [1.29, 1.82) is 0 Å². The Morgan fingerprint density at radius 3 is 2.44 bits per heavy atom. The van der Waals surface area contributed by atoms with Crippen LogP contribution >= 0.6 is 0 Å². The van der Waals surface area contributed by atoms with E-state index < -0.39 is 36.0 Å². The van der Waals surface area contributed by atoms with E-state index in [0.717, 1.165) is 24.0 Å². The summed E-state index contributed by atoms with van der Waals surface area (Å²) in [5, 5.41) is 0. The van der Waals surface area contributed by atoms with Crippen molar-refractivity contribution < 1.29 is 33.3 Å². The van der Waals surface area contributed by atoms with Crippen LogP contribution in [0.15, 0.2) is 36.0 Å². The Hall–Kier alpha value is -2.41. The standard InChI is InChI=1S/C29H42O7/c1-9-17(3)11-13-28(8)19(5)12-14-29-23(26(33-20(6)30)36-27(29)34-21(7)31)15-22(16-24(28)29)35-25(32)18(4)10-2/h9,11,15,18-19,22,24,26-27H,1,10,12-14,16H2,2-8H3/b17-11+/t18?,19-,22-,24+,26+,27-,28-,29-/m0/s1. The molecular formula is C29H42O7. The van der Waals surface area contributed by atoms with Crippen LogP contribution < -0.4 is 0 Å². The molecule has 7 nitrogen and oxygen atoms in total. The van der Waals surface area contributed by atoms with Gasteiger partial charge in [-0.05, 0) is 62.4 Å². The first-order valence-electron chi connectivity index (χ1n) is 13.1. The molecule has 0 aromatic rings. The fraction of sp³-hybridized carbons (Fsp3) is 0.690. The average molecular weight is 503 g/mol. The smallest absolute Gasteiger partial charge is 0.309 e. The molecule has 2 aliphatic carbocycles. The van der Waals surface area contributed by atoms with E-state index in [9.17, 15) is 14.4 Å². The van der Waals surface area contributed by atoms with Gasteiger partial charge in [0.2, 0.25) is 12.6 Å². The third-order valence-corrected chi connectivity index (χ3v) is 8.84. The molecule has 1 heterocycles. The topological polar surface area (TPSA) is 88.1 Å². The highest BCUT2D eigenvalue weighted by atomic mass is 16.8. The van der Waals surface area contributed by atoms with Crippen LogP contribution in [0.3, 0.4) is 0 Å². The lowest BCUT2D eigenvalue weighted by Crippen LogP contribution is -2.57. The predicted molar refractivity (Wildman–Crippen MR) is 135 cm³/mol. The normalized spacial score (nSPS) is 36.6. The van der Waals surface area contributed by atoms with Gasteiger partial charge in [-0.25, -0.2) is 0 Å². The molecule has 1 aliphatic heterocycles. The molecule has 0 amide bonds. The summed E-state index contributed by atoms with van der Waals surface area (Å²) >= 11 is 0. The molecule has 1 unspecified atom stereocenters. The van der Waals surface area contributed by atoms with E-state index in [2.05, 4.69) is 26.5 Å². The van der Waals surface area contributed by atoms with Gasteiger partial charge in [0.1, 0.15) is 6.10 Å². The molecule has 0 bridgehead atoms. The molecule has 1 saturated carbocycles. The van der Waals surface area contributed by atoms with Crippen molar-refractivity contribution in [2.45, 2.75) is 99.3 Å². The van der Waals surface area contributed by atoms with Crippen LogP contribution in [0.4, 0.5) is 0 Å². The lowest BCUT2D eigenvalue weighted by Gasteiger charge is -2.58. The van der Waals surface area contributed by atoms with Gasteiger partial charge in [-0.15, -0.1) is 0 Å². The second kappa shape index (κ2) is 10.9. The minimum atomic E-state index is -0.998. The Morgan fingerprint density at radius 2 is 1.86 bits per heavy atom. The van der Waals surface area contributed by atoms with Gasteiger partial charge in [0, 0.05) is 19.4 Å². The number of ether oxygens (including phenoxy) is 4. The van der Waals surface area contributed by atoms with Crippen molar-refractivity contribution >= 4 is 17.9 Å². The van der Waals surface area contributed by atoms with Crippen LogP contribution in [0.2, 0.25) is 0 Å². The van der Waals surface area contributed by atoms with E-state index in [0.29, 0.717) is 25.2 Å². The fourth-order valence-corrected chi connectivity index (χ4v) is 6.24. The summed E-state index contributed by atoms with van der Waals surface area (Å²) in [6, 6.07) is 0. The zero-order valence-corrected chi connectivity index (χ0v) is 22.8. The maximum absolute atomic E-state index is 12.8. The Balaban J connectivity index is 2.16. The molecule has 1 saturated heterocycles. The third-order valence-electron chi connectivity index (χ3n) is 8.84. The van der Waals surface area contributed by atoms with E-state index in [1.54, 1.807) is 0 Å². The second-order valence-electron chi connectivity index (χ2n) is 11.1. The molecule has 0 aromatic carbocycles. The van der Waals surface area contributed by atoms with Crippen LogP contribution in [0.1, 0.15) is 80.6 Å². The van der Waals surface area contributed by atoms with Crippen LogP contribution in [0.25, 0.3) is 0 Å². The Bertz CT molecular complexity index is 949. The van der Waals surface area contributed by atoms with Gasteiger partial charge in [-0.3, -0.25) is 19.1 Å². The molecule has 8 atom stereocenters. The van der Waals surface area contributed by atoms with Crippen molar-refractivity contribution in [3.63, 3.8) is 0 Å². The van der Waals surface area contributed by atoms with Gasteiger partial charge in [-0.1, -0.05) is 52.0 Å². The number of esters is 3. The van der Waals surface area contributed by atoms with Crippen molar-refractivity contribution in [3.05, 3.63) is 36.0 Å². The van der Waals surface area contributed by atoms with Crippen molar-refractivity contribution in [2.24, 2.45) is 28.6 Å². The quantitative estimate of drug-likeness (QED) is 0.184. The Labute approximate surface area is 215 Å². The molecule has 0 N–H and O–H groups in total. The monoisotopic (exact) mass is 502 g/mol. The number of carbonyl (C=O) groups is 3. The minimum absolute atomic E-state index is 0.0535. The Morgan fingerprint density at radius 1 is 1.19 bits per heavy atom. The summed E-state index contributed by atoms with van der Waals surface area (Å²) in [5.74, 6) is -1.13. The summed E-state index contributed by atoms with van der Waals surface area (Å²) in [6.07, 6.45) is 7.17. The molecular weight excluding hydrogens is 460 g/mol. The predicted octanol–water partition coefficient (Wildman–Crippen LogP) is 5.64. The minimum Gasteiger partial charge on any atom is -0.458 e. The van der Waals surface area contributed by atoms with E-state index in [-0.39, 0.29) is 23.2 Å². The van der Waals surface area contributed by atoms with E-state index in [1.807, 2.05) is 32.9 Å². The van der Waals surface area contributed by atoms with Gasteiger partial charge in [0.25, 0.3) is 0 Å². The van der Waals surface area contributed by atoms with E-state index in [4.69, 9.17) is 18.9 Å². The van der Waals surface area contributed by atoms with Gasteiger partial charge >= 0.3 is 17.9 Å². The molecule has 7 heteroatoms. The first-order valence-corrected chi connectivity index (χ1v) is 13.1. The first kappa shape index (κ1) is 28.2. The summed E-state index contributed by atoms with van der Waals surface area (Å²) < 4.78 is 23.5. The summed E-state index contributed by atoms with van der Waals surface area (Å²) in [7, 11) is 0. The largest absolute Gasteiger partial charge is 0.458 e. The molecule has 1 spiro atoms. The number of hydrogen-bond donors (Lipinski definition) is 0. The summed E-state index contributed by atoms with van der Waals surface area (Å²) in [5.41, 5.74) is 0.925. The SMILES string of the molecule is C=C/C(C)=C/C[C@]1(C)[C@H]2C[C@@H](OC(=O)C(C)CC)C=C3[C@H](OC(C)=O)O[C@H](OC(C)=O)[C@@]32CC[C@@H]1C. The molecule has 2 fully saturated rings. The fourth-order valence-electron chi connectivity index (χ4n) is 6.24. The number of carbonyl (C=O) groups excluding carboxylic acids is 3. The Kier molecular flexibility index (Phi) is 8.54. The molecule has 3 aliphatic rings. The van der Waals surface area contributed by atoms with Crippen LogP contribution in [0, 0.1) is 28.6 Å². The maximum atomic E-state index is 12.8. The van der Waals surface area contributed by atoms with Crippen molar-refractivity contribution in [1.82, 2.24) is 0 Å². The van der Waals surface area contributed by atoms with Gasteiger partial charge < -0.3 is 14.2 Å². The van der Waals surface area contributed by atoms with Crippen LogP contribution in [-0.2, 0) is 33.3 Å². The molecule has 36 heavy (non-hydrogen) atoms. The molecule has 200 valence electrons. The lowest BCUT2D eigenvalue weighted by molar-refractivity contribution is -0.235. The highest BCUT2D eigenvalue weighted by molar-refractivity contribution is 5.72. The highest BCUT2D eigenvalue weighted by Crippen LogP contribution is 2.67. The van der Waals surface area contributed by atoms with Gasteiger partial charge in [0.05, 0.1) is 11.3 Å². The lowest BCUT2D eigenvalue weighted by atomic mass is 9.46. The molecule has 3 rings (SSSR count). The van der Waals surface area contributed by atoms with Gasteiger partial charge in [-0.2, -0.15) is 0 Å². The van der Waals surface area contributed by atoms with E-state index >= 15 is 0 Å². The highest BCUT2D eigenvalue weighted by Gasteiger charge is 2.67. The first-order chi connectivity index (χ1) is 16.9. The maximum Gasteiger partial charge on any atom is 0.309 e. The zero-order valence-electron chi connectivity index (χ0n) is 22.8. The molecule has 0 aromatic heterocycles. The van der Waals surface area contributed by atoms with E-state index in [1.165, 1.54) is 13.8 Å². The summed E-state index contributed by atoms with van der Waals surface area (Å²) in [6.45, 7) is 16.9. The van der Waals surface area contributed by atoms with Gasteiger partial charge in [0.15, 0.2) is 0 Å².